The highest BCUT2D eigenvalue weighted by Gasteiger charge is 2.44. The number of nitrogens with two attached hydrogens (primary N) is 3. The number of aromatic amines is 1. The third-order valence-corrected chi connectivity index (χ3v) is 29.6. The number of nitrogens with zero attached hydrogens (tertiary/aromatic N) is 3. The van der Waals surface area contributed by atoms with Gasteiger partial charge in [0.15, 0.2) is 12.4 Å². The van der Waals surface area contributed by atoms with Gasteiger partial charge in [0.1, 0.15) is 14.7 Å². The molecule has 0 bridgehead atoms. The number of aromatic nitrogens is 1. The van der Waals surface area contributed by atoms with Crippen LogP contribution in [0.4, 0.5) is 41.6 Å². The number of benzene rings is 14. The third-order valence-electron chi connectivity index (χ3n) is 19.7. The number of halogens is 5. The molecule has 49 heteroatoms. The minimum absolute atomic E-state index is 0.118. The molecule has 3 aliphatic heterocycles. The summed E-state index contributed by atoms with van der Waals surface area (Å²) in [4.78, 5) is 103. The molecule has 0 atom stereocenters. The van der Waals surface area contributed by atoms with Crippen molar-refractivity contribution in [3.63, 3.8) is 0 Å². The molecule has 14 aromatic carbocycles. The van der Waals surface area contributed by atoms with E-state index in [1.807, 2.05) is 30.6 Å². The highest BCUT2D eigenvalue weighted by Crippen LogP contribution is 2.41. The van der Waals surface area contributed by atoms with Gasteiger partial charge in [0.25, 0.3) is 96.3 Å². The number of nitrogens with one attached hydrogen (secondary N) is 3. The van der Waals surface area contributed by atoms with E-state index in [4.69, 9.17) is 39.2 Å². The van der Waals surface area contributed by atoms with Gasteiger partial charge in [0.05, 0.1) is 72.7 Å². The fourth-order valence-corrected chi connectivity index (χ4v) is 21.7. The zero-order chi connectivity index (χ0) is 102. The fraction of sp³-hybridized carbons (Fsp3) is 0.0333. The second kappa shape index (κ2) is 41.9. The second-order valence-corrected chi connectivity index (χ2v) is 42.8. The Hall–Kier alpha value is -14.4. The van der Waals surface area contributed by atoms with E-state index >= 15 is 0 Å². The maximum absolute atomic E-state index is 12.8. The summed E-state index contributed by atoms with van der Waals surface area (Å²) in [5.74, 6) is -2.90. The average molecular weight is 2090 g/mol. The molecule has 0 saturated carbocycles. The van der Waals surface area contributed by atoms with Crippen LogP contribution in [0.2, 0.25) is 0 Å². The van der Waals surface area contributed by atoms with Crippen molar-refractivity contribution >= 4 is 232 Å². The first-order valence-electron chi connectivity index (χ1n) is 38.9. The van der Waals surface area contributed by atoms with E-state index in [9.17, 15) is 128 Å². The van der Waals surface area contributed by atoms with Gasteiger partial charge in [0.2, 0.25) is 20.0 Å². The highest BCUT2D eigenvalue weighted by molar-refractivity contribution is 8.05. The van der Waals surface area contributed by atoms with E-state index < -0.39 is 132 Å². The number of carbonyl (C=O) groups is 8. The Bertz CT molecular complexity index is 8230. The van der Waals surface area contributed by atoms with E-state index in [2.05, 4.69) is 10.1 Å². The first kappa shape index (κ1) is 105. The molecule has 36 nitrogen and oxygen atoms in total. The van der Waals surface area contributed by atoms with Crippen molar-refractivity contribution in [1.82, 2.24) is 8.25 Å². The lowest BCUT2D eigenvalue weighted by molar-refractivity contribution is -0.378. The molecule has 15 aromatic rings. The Labute approximate surface area is 799 Å². The van der Waals surface area contributed by atoms with Crippen molar-refractivity contribution in [3.8, 4) is 0 Å². The Morgan fingerprint density at radius 3 is 0.727 bits per heavy atom. The van der Waals surface area contributed by atoms with Crippen LogP contribution in [0.25, 0.3) is 53.9 Å². The van der Waals surface area contributed by atoms with Crippen LogP contribution in [0.15, 0.2) is 334 Å². The number of carbonyl (C=O) groups excluding carboxylic acids is 8. The van der Waals surface area contributed by atoms with Crippen molar-refractivity contribution in [1.29, 1.82) is 0 Å². The maximum atomic E-state index is 12.8. The van der Waals surface area contributed by atoms with Crippen molar-refractivity contribution in [2.45, 2.75) is 30.0 Å². The number of H-pyrrole nitrogens is 1. The summed E-state index contributed by atoms with van der Waals surface area (Å²) in [6.07, 6.45) is 5.27. The van der Waals surface area contributed by atoms with E-state index in [0.717, 1.165) is 27.2 Å². The van der Waals surface area contributed by atoms with Gasteiger partial charge in [-0.05, 0) is 132 Å². The molecule has 0 aliphatic carbocycles. The molecular weight excluding hydrogens is 2020 g/mol. The minimum Gasteiger partial charge on any atom is -0.398 e. The van der Waals surface area contributed by atoms with Crippen molar-refractivity contribution in [2.24, 2.45) is 5.14 Å². The van der Waals surface area contributed by atoms with Crippen LogP contribution in [0, 0.1) is 0 Å². The number of rotatable bonds is 14. The fourth-order valence-electron chi connectivity index (χ4n) is 14.0. The predicted octanol–water partition coefficient (Wildman–Crippen LogP) is 12.7. The third kappa shape index (κ3) is 24.2. The van der Waals surface area contributed by atoms with Gasteiger partial charge >= 0.3 is 15.5 Å². The molecular formula is C90H69Cl2F3N9O27S8+. The van der Waals surface area contributed by atoms with Crippen LogP contribution < -0.4 is 44.5 Å². The molecule has 6 amide bonds. The Morgan fingerprint density at radius 2 is 0.504 bits per heavy atom. The van der Waals surface area contributed by atoms with Crippen molar-refractivity contribution in [2.75, 3.05) is 38.7 Å². The summed E-state index contributed by atoms with van der Waals surface area (Å²) in [5, 5.41) is 6.00. The number of hydrogen-bond donors (Lipinski definition) is 8. The van der Waals surface area contributed by atoms with Crippen molar-refractivity contribution in [3.05, 3.63) is 354 Å². The van der Waals surface area contributed by atoms with Crippen LogP contribution >= 0.6 is 23.2 Å². The summed E-state index contributed by atoms with van der Waals surface area (Å²) in [7, 11) is -34.9. The zero-order valence-corrected chi connectivity index (χ0v) is 78.9. The SMILES string of the molecule is CS(=O)(=O)NS(=O)(=O)c1ccc(N)c2ccccc12.CS(=O)(=O)NS(=O)(=O)c1ccc(N2C(=O)c3ccccc3C2=O)c2ccccc12.NS(=O)(=O)C(F)(F)F.Nc1ccc(S(=O)(=O)O)c2ccccc12.O=C(Cl)c1ccccc1C(=O)Cl.O=C1c2ccccc2C(=O)N1c1ccc(S(=O)(=O)O)c2ccccc12.O=C1c2ccccc2C(=O)N1c1ccc(S(=O)(=O)O)c2ccccc12.c1cc[nH+]cc1. The molecule has 1 aromatic heterocycles. The number of nitrogen functional groups attached to an aromatic ring is 2. The van der Waals surface area contributed by atoms with Crippen LogP contribution in [-0.4, -0.2) is 145 Å². The number of pyridine rings is 1. The van der Waals surface area contributed by atoms with Gasteiger partial charge in [0, 0.05) is 88.5 Å². The molecule has 0 radical (unpaired) electrons. The van der Waals surface area contributed by atoms with E-state index in [-0.39, 0.29) is 80.0 Å². The molecule has 0 spiro atoms. The number of imide groups is 3. The summed E-state index contributed by atoms with van der Waals surface area (Å²) < 4.78 is 245. The van der Waals surface area contributed by atoms with Crippen molar-refractivity contribution < 1.29 is 138 Å². The predicted molar refractivity (Wildman–Crippen MR) is 510 cm³/mol. The van der Waals surface area contributed by atoms with Gasteiger partial charge in [-0.25, -0.2) is 66.9 Å². The smallest absolute Gasteiger partial charge is 0.398 e. The lowest BCUT2D eigenvalue weighted by Gasteiger charge is -2.18. The molecule has 139 heavy (non-hydrogen) atoms. The number of alkyl halides is 3. The van der Waals surface area contributed by atoms with Crippen LogP contribution in [0.3, 0.4) is 0 Å². The number of primary sulfonamides is 1. The number of anilines is 5. The normalized spacial score (nSPS) is 13.1. The van der Waals surface area contributed by atoms with E-state index in [1.165, 1.54) is 91.0 Å². The number of fused-ring (bicyclic) bond motifs is 8. The summed E-state index contributed by atoms with van der Waals surface area (Å²) in [6.45, 7) is 0. The zero-order valence-electron chi connectivity index (χ0n) is 70.8. The molecule has 12 N–H and O–H groups in total. The van der Waals surface area contributed by atoms with Gasteiger partial charge in [-0.2, -0.15) is 38.4 Å². The molecule has 0 fully saturated rings. The summed E-state index contributed by atoms with van der Waals surface area (Å²) in [6, 6.07) is 76.8. The van der Waals surface area contributed by atoms with Gasteiger partial charge in [-0.15, -0.1) is 8.25 Å². The lowest BCUT2D eigenvalue weighted by Crippen LogP contribution is -2.31. The Balaban J connectivity index is 0.000000158. The van der Waals surface area contributed by atoms with Gasteiger partial charge in [-0.3, -0.25) is 52.0 Å². The van der Waals surface area contributed by atoms with Gasteiger partial charge < -0.3 is 11.5 Å². The van der Waals surface area contributed by atoms with E-state index in [1.54, 1.807) is 196 Å². The molecule has 0 saturated heterocycles. The molecule has 4 heterocycles. The quantitative estimate of drug-likeness (QED) is 0.0217. The highest BCUT2D eigenvalue weighted by atomic mass is 35.5. The average Bonchev–Trinajstić information content (AvgIpc) is 1.61. The first-order chi connectivity index (χ1) is 65.0. The number of hydrogen-bond acceptors (Lipinski definition) is 26. The van der Waals surface area contributed by atoms with Crippen LogP contribution in [-0.2, 0) is 80.5 Å². The molecule has 18 rings (SSSR count). The standard InChI is InChI=1S/C19H14N2O6S2.2C18H11NO5S.C11H12N2O4S2.C10H9NO3S.C8H4Cl2O2.C5H5N.CH2F3NO2S/c1-28(24,25)20-29(26,27)17-11-10-16(12-6-2-3-7-13(12)17)21-18(22)14-8-4-5-9-15(14)19(21)23;2*20-17-13-7-3-4-8-14(13)18(21)19(17)15-9-10-16(25(22,23)24)12-6-2-1-5-11(12)15;1-18(14,15)13-19(16,17)11-7-6-10(12)8-4-2-3-5-9(8)11;11-9-5-6-10(15(12,13)14)8-4-2-1-3-7(8)9;9-7(11)5-3-1-2-4-6(5)8(10)12;1-2-4-6-5-3-1;2-1(3,4)8(5,6)7/h2-11,20H,1H3;2*1-10H,(H,22,23,24);2-7,13H,12H2,1H3;1-6H,11H2,(H,12,13,14);1-4H;1-5H;(H2,5,6,7)/p+1. The Morgan fingerprint density at radius 1 is 0.302 bits per heavy atom. The van der Waals surface area contributed by atoms with E-state index in [0.29, 0.717) is 71.3 Å². The van der Waals surface area contributed by atoms with Crippen LogP contribution in [0.5, 0.6) is 0 Å². The minimum atomic E-state index is -5.34. The molecule has 718 valence electrons. The van der Waals surface area contributed by atoms with Crippen LogP contribution in [0.1, 0.15) is 82.9 Å². The topological polar surface area (TPSA) is 596 Å². The number of amides is 6. The van der Waals surface area contributed by atoms with Gasteiger partial charge in [-0.1, -0.05) is 176 Å². The summed E-state index contributed by atoms with van der Waals surface area (Å²) in [5.41, 5.74) is 9.81. The lowest BCUT2D eigenvalue weighted by atomic mass is 10.1. The monoisotopic (exact) mass is 2090 g/mol. The molecule has 3 aliphatic rings. The molecule has 0 unspecified atom stereocenters. The first-order valence-corrected chi connectivity index (χ1v) is 52.3. The maximum Gasteiger partial charge on any atom is 0.511 e. The number of sulfonamides is 5. The largest absolute Gasteiger partial charge is 0.511 e. The summed E-state index contributed by atoms with van der Waals surface area (Å²) >= 11 is 10.4. The second-order valence-electron chi connectivity index (χ2n) is 29.1. The Kier molecular flexibility index (Phi) is 31.7.